The van der Waals surface area contributed by atoms with E-state index in [-0.39, 0.29) is 0 Å². The summed E-state index contributed by atoms with van der Waals surface area (Å²) in [7, 11) is 1.73. The zero-order chi connectivity index (χ0) is 17.7. The van der Waals surface area contributed by atoms with Crippen molar-refractivity contribution in [2.45, 2.75) is 0 Å². The van der Waals surface area contributed by atoms with Crippen LogP contribution in [0.15, 0.2) is 66.7 Å². The Balaban J connectivity index is 1.64. The molecule has 0 spiro atoms. The van der Waals surface area contributed by atoms with E-state index >= 15 is 0 Å². The molecule has 1 heterocycles. The Kier molecular flexibility index (Phi) is 2.38. The molecule has 2 aliphatic carbocycles. The first-order valence-corrected chi connectivity index (χ1v) is 9.97. The third-order valence-electron chi connectivity index (χ3n) is 6.08. The topological polar surface area (TPSA) is 9.23 Å². The van der Waals surface area contributed by atoms with Crippen molar-refractivity contribution < 1.29 is 4.74 Å². The average Bonchev–Trinajstić information content (AvgIpc) is 3.34. The van der Waals surface area contributed by atoms with Crippen LogP contribution in [-0.2, 0) is 0 Å². The van der Waals surface area contributed by atoms with Crippen LogP contribution in [0, 0.1) is 0 Å². The number of rotatable bonds is 1. The lowest BCUT2D eigenvalue weighted by Crippen LogP contribution is -1.83. The number of hydrogen-bond donors (Lipinski definition) is 0. The highest BCUT2D eigenvalue weighted by Gasteiger charge is 2.31. The van der Waals surface area contributed by atoms with Crippen LogP contribution in [0.3, 0.4) is 0 Å². The van der Waals surface area contributed by atoms with Gasteiger partial charge in [0.05, 0.1) is 7.11 Å². The summed E-state index contributed by atoms with van der Waals surface area (Å²) in [5.74, 6) is 0.916. The number of methoxy groups -OCH3 is 1. The summed E-state index contributed by atoms with van der Waals surface area (Å²) >= 11 is 1.92. The Hall–Kier alpha value is -3.10. The minimum absolute atomic E-state index is 0.916. The van der Waals surface area contributed by atoms with E-state index in [1.807, 2.05) is 11.3 Å². The fourth-order valence-electron chi connectivity index (χ4n) is 4.95. The number of hydrogen-bond acceptors (Lipinski definition) is 2. The number of ether oxygens (including phenoxy) is 1. The molecule has 0 radical (unpaired) electrons. The van der Waals surface area contributed by atoms with Crippen molar-refractivity contribution in [2.75, 3.05) is 7.11 Å². The molecule has 4 aromatic carbocycles. The molecular weight excluding hydrogens is 348 g/mol. The zero-order valence-electron chi connectivity index (χ0n) is 14.7. The Morgan fingerprint density at radius 3 is 2.26 bits per heavy atom. The molecule has 0 amide bonds. The largest absolute Gasteiger partial charge is 0.497 e. The van der Waals surface area contributed by atoms with Crippen LogP contribution in [-0.4, -0.2) is 7.11 Å². The smallest absolute Gasteiger partial charge is 0.119 e. The molecule has 1 aromatic heterocycles. The summed E-state index contributed by atoms with van der Waals surface area (Å²) in [6.45, 7) is 0. The monoisotopic (exact) mass is 362 g/mol. The van der Waals surface area contributed by atoms with E-state index in [0.717, 1.165) is 5.75 Å². The van der Waals surface area contributed by atoms with Gasteiger partial charge in [-0.25, -0.2) is 0 Å². The molecule has 2 heteroatoms. The molecule has 0 fully saturated rings. The van der Waals surface area contributed by atoms with Gasteiger partial charge >= 0.3 is 0 Å². The van der Waals surface area contributed by atoms with Gasteiger partial charge in [-0.2, -0.15) is 0 Å². The maximum atomic E-state index is 5.48. The van der Waals surface area contributed by atoms with Gasteiger partial charge in [0, 0.05) is 26.1 Å². The average molecular weight is 362 g/mol. The van der Waals surface area contributed by atoms with E-state index in [9.17, 15) is 0 Å². The van der Waals surface area contributed by atoms with Crippen LogP contribution >= 0.6 is 11.3 Å². The summed E-state index contributed by atoms with van der Waals surface area (Å²) in [5.41, 5.74) is 9.48. The molecule has 0 aliphatic heterocycles. The third-order valence-corrected chi connectivity index (χ3v) is 7.28. The maximum absolute atomic E-state index is 5.48. The van der Waals surface area contributed by atoms with Crippen LogP contribution in [0.1, 0.15) is 0 Å². The highest BCUT2D eigenvalue weighted by molar-refractivity contribution is 7.23. The first kappa shape index (κ1) is 14.0. The lowest BCUT2D eigenvalue weighted by Gasteiger charge is -2.06. The molecule has 0 saturated heterocycles. The van der Waals surface area contributed by atoms with Gasteiger partial charge in [-0.05, 0) is 56.8 Å². The fourth-order valence-corrected chi connectivity index (χ4v) is 6.20. The second kappa shape index (κ2) is 4.59. The summed E-state index contributed by atoms with van der Waals surface area (Å²) in [6.07, 6.45) is 0. The van der Waals surface area contributed by atoms with Gasteiger partial charge in [-0.15, -0.1) is 11.3 Å². The van der Waals surface area contributed by atoms with Crippen molar-refractivity contribution in [3.05, 3.63) is 66.7 Å². The summed E-state index contributed by atoms with van der Waals surface area (Å²) in [4.78, 5) is 1.42. The first-order valence-electron chi connectivity index (χ1n) is 9.16. The van der Waals surface area contributed by atoms with Gasteiger partial charge in [0.1, 0.15) is 5.75 Å². The predicted molar refractivity (Wildman–Crippen MR) is 115 cm³/mol. The minimum atomic E-state index is 0.916. The van der Waals surface area contributed by atoms with Crippen LogP contribution in [0.2, 0.25) is 0 Å². The van der Waals surface area contributed by atoms with Crippen LogP contribution < -0.4 is 4.74 Å². The van der Waals surface area contributed by atoms with Crippen molar-refractivity contribution in [1.29, 1.82) is 0 Å². The summed E-state index contributed by atoms with van der Waals surface area (Å²) < 4.78 is 6.85. The zero-order valence-corrected chi connectivity index (χ0v) is 15.5. The van der Waals surface area contributed by atoms with E-state index in [1.54, 1.807) is 7.11 Å². The van der Waals surface area contributed by atoms with Crippen molar-refractivity contribution in [3.63, 3.8) is 0 Å². The molecule has 0 N–H and O–H groups in total. The quantitative estimate of drug-likeness (QED) is 0.296. The summed E-state index contributed by atoms with van der Waals surface area (Å²) in [5, 5.41) is 4.20. The third kappa shape index (κ3) is 1.53. The fraction of sp³-hybridized carbons (Fsp3) is 0.0400. The molecular formula is C25H14OS. The summed E-state index contributed by atoms with van der Waals surface area (Å²) in [6, 6.07) is 24.5. The molecule has 0 saturated carbocycles. The van der Waals surface area contributed by atoms with Crippen LogP contribution in [0.4, 0.5) is 0 Å². The van der Waals surface area contributed by atoms with Gasteiger partial charge in [-0.3, -0.25) is 0 Å². The van der Waals surface area contributed by atoms with Crippen molar-refractivity contribution in [3.8, 4) is 49.6 Å². The van der Waals surface area contributed by atoms with E-state index < -0.39 is 0 Å². The molecule has 126 valence electrons. The number of benzene rings is 4. The van der Waals surface area contributed by atoms with Crippen LogP contribution in [0.25, 0.3) is 64.7 Å². The Bertz CT molecular complexity index is 1450. The number of thiophene rings is 1. The minimum Gasteiger partial charge on any atom is -0.497 e. The molecule has 27 heavy (non-hydrogen) atoms. The van der Waals surface area contributed by atoms with Crippen molar-refractivity contribution in [2.24, 2.45) is 0 Å². The molecule has 0 unspecified atom stereocenters. The molecule has 0 atom stereocenters. The molecule has 0 bridgehead atoms. The predicted octanol–water partition coefficient (Wildman–Crippen LogP) is 7.36. The van der Waals surface area contributed by atoms with Gasteiger partial charge in [-0.1, -0.05) is 48.5 Å². The van der Waals surface area contributed by atoms with Crippen LogP contribution in [0.5, 0.6) is 5.75 Å². The lowest BCUT2D eigenvalue weighted by molar-refractivity contribution is 0.415. The maximum Gasteiger partial charge on any atom is 0.119 e. The van der Waals surface area contributed by atoms with E-state index in [1.165, 1.54) is 64.7 Å². The van der Waals surface area contributed by atoms with E-state index in [2.05, 4.69) is 66.7 Å². The second-order valence-electron chi connectivity index (χ2n) is 7.29. The lowest BCUT2D eigenvalue weighted by atomic mass is 9.97. The van der Waals surface area contributed by atoms with Crippen molar-refractivity contribution >= 4 is 32.2 Å². The highest BCUT2D eigenvalue weighted by atomic mass is 32.1. The molecule has 2 aliphatic rings. The Labute approximate surface area is 160 Å². The van der Waals surface area contributed by atoms with E-state index in [4.69, 9.17) is 4.74 Å². The Morgan fingerprint density at radius 2 is 1.37 bits per heavy atom. The van der Waals surface area contributed by atoms with Gasteiger partial charge in [0.15, 0.2) is 0 Å². The van der Waals surface area contributed by atoms with Crippen molar-refractivity contribution in [1.82, 2.24) is 0 Å². The molecule has 1 nitrogen and oxygen atoms in total. The number of fused-ring (bicyclic) bond motifs is 8. The second-order valence-corrected chi connectivity index (χ2v) is 8.34. The standard InChI is InChI=1S/C25H14OS/c1-26-13-6-7-14-15-8-10-18-23-19(11-9-16(22(15)23)20(14)12-13)25-24(18)17-4-2-3-5-21(17)27-25/h2-12H,1H3. The molecule has 7 rings (SSSR count). The normalized spacial score (nSPS) is 12.6. The molecule has 5 aromatic rings. The highest BCUT2D eigenvalue weighted by Crippen LogP contribution is 2.59. The first-order chi connectivity index (χ1) is 13.3. The van der Waals surface area contributed by atoms with Gasteiger partial charge < -0.3 is 4.74 Å². The van der Waals surface area contributed by atoms with Gasteiger partial charge in [0.2, 0.25) is 0 Å². The SMILES string of the molecule is COc1ccc2c(c1)-c1ccc3c4c(ccc-2c14)-c1c-3sc2ccccc12. The Morgan fingerprint density at radius 1 is 0.667 bits per heavy atom. The van der Waals surface area contributed by atoms with Gasteiger partial charge in [0.25, 0.3) is 0 Å². The van der Waals surface area contributed by atoms with E-state index in [0.29, 0.717) is 0 Å².